The Hall–Kier alpha value is -2.52. The van der Waals surface area contributed by atoms with E-state index in [0.717, 1.165) is 43.1 Å². The minimum Gasteiger partial charge on any atom is -0.475 e. The van der Waals surface area contributed by atoms with E-state index >= 15 is 0 Å². The number of ether oxygens (including phenoxy) is 1. The Bertz CT molecular complexity index is 845. The minimum atomic E-state index is -5.08. The zero-order chi connectivity index (χ0) is 20.4. The van der Waals surface area contributed by atoms with Gasteiger partial charge in [0.1, 0.15) is 0 Å². The van der Waals surface area contributed by atoms with E-state index < -0.39 is 12.1 Å². The highest BCUT2D eigenvalue weighted by Crippen LogP contribution is 2.38. The number of halogens is 3. The molecule has 4 rings (SSSR count). The van der Waals surface area contributed by atoms with Gasteiger partial charge in [-0.1, -0.05) is 30.3 Å². The summed E-state index contributed by atoms with van der Waals surface area (Å²) in [7, 11) is 2.17. The monoisotopic (exact) mass is 395 g/mol. The number of rotatable bonds is 1. The van der Waals surface area contributed by atoms with E-state index in [9.17, 15) is 13.2 Å². The quantitative estimate of drug-likeness (QED) is 0.800. The summed E-state index contributed by atoms with van der Waals surface area (Å²) in [6.07, 6.45) is -2.02. The number of aromatic nitrogens is 2. The molecule has 1 aromatic carbocycles. The highest BCUT2D eigenvalue weighted by Gasteiger charge is 2.44. The Morgan fingerprint density at radius 1 is 1.29 bits per heavy atom. The number of nitrogens with zero attached hydrogens (tertiary/aromatic N) is 3. The van der Waals surface area contributed by atoms with Gasteiger partial charge < -0.3 is 14.7 Å². The van der Waals surface area contributed by atoms with Crippen LogP contribution in [0.4, 0.5) is 13.2 Å². The topological polar surface area (TPSA) is 75.5 Å². The van der Waals surface area contributed by atoms with Crippen LogP contribution in [0.3, 0.4) is 0 Å². The fourth-order valence-corrected chi connectivity index (χ4v) is 3.51. The van der Waals surface area contributed by atoms with Gasteiger partial charge in [0.25, 0.3) is 0 Å². The molecule has 1 spiro atoms. The molecule has 1 unspecified atom stereocenters. The SMILES string of the molecule is CN1CCC2(COCc3cnc(-c4ccccc4)nc32)C1.O=C(O)C(F)(F)F. The molecule has 9 heteroatoms. The lowest BCUT2D eigenvalue weighted by atomic mass is 9.80. The van der Waals surface area contributed by atoms with Crippen molar-refractivity contribution in [1.29, 1.82) is 0 Å². The van der Waals surface area contributed by atoms with Gasteiger partial charge in [-0.15, -0.1) is 0 Å². The molecule has 1 saturated heterocycles. The average molecular weight is 395 g/mol. The molecule has 150 valence electrons. The first-order valence-electron chi connectivity index (χ1n) is 8.69. The first-order valence-corrected chi connectivity index (χ1v) is 8.69. The van der Waals surface area contributed by atoms with Gasteiger partial charge >= 0.3 is 12.1 Å². The van der Waals surface area contributed by atoms with Crippen LogP contribution in [0, 0.1) is 0 Å². The third-order valence-corrected chi connectivity index (χ3v) is 4.82. The molecule has 0 aliphatic carbocycles. The molecule has 6 nitrogen and oxygen atoms in total. The predicted molar refractivity (Wildman–Crippen MR) is 94.6 cm³/mol. The van der Waals surface area contributed by atoms with E-state index in [1.54, 1.807) is 0 Å². The maximum Gasteiger partial charge on any atom is 0.490 e. The second-order valence-corrected chi connectivity index (χ2v) is 7.00. The van der Waals surface area contributed by atoms with Gasteiger partial charge in [0, 0.05) is 23.9 Å². The molecule has 1 fully saturated rings. The molecule has 0 amide bonds. The Morgan fingerprint density at radius 3 is 2.54 bits per heavy atom. The third-order valence-electron chi connectivity index (χ3n) is 4.82. The zero-order valence-corrected chi connectivity index (χ0v) is 15.2. The van der Waals surface area contributed by atoms with Gasteiger partial charge in [-0.2, -0.15) is 13.2 Å². The number of fused-ring (bicyclic) bond motifs is 2. The van der Waals surface area contributed by atoms with Crippen molar-refractivity contribution in [2.24, 2.45) is 0 Å². The van der Waals surface area contributed by atoms with Crippen molar-refractivity contribution in [3.8, 4) is 11.4 Å². The largest absolute Gasteiger partial charge is 0.490 e. The molecule has 28 heavy (non-hydrogen) atoms. The third kappa shape index (κ3) is 4.31. The van der Waals surface area contributed by atoms with Crippen molar-refractivity contribution in [1.82, 2.24) is 14.9 Å². The van der Waals surface area contributed by atoms with Crippen molar-refractivity contribution < 1.29 is 27.8 Å². The number of benzene rings is 1. The van der Waals surface area contributed by atoms with Crippen molar-refractivity contribution in [2.75, 3.05) is 26.7 Å². The number of alkyl halides is 3. The molecule has 2 aromatic rings. The van der Waals surface area contributed by atoms with E-state index in [-0.39, 0.29) is 5.41 Å². The molecule has 1 aromatic heterocycles. The van der Waals surface area contributed by atoms with Crippen molar-refractivity contribution >= 4 is 5.97 Å². The fraction of sp³-hybridized carbons (Fsp3) is 0.421. The maximum atomic E-state index is 10.6. The summed E-state index contributed by atoms with van der Waals surface area (Å²) in [6, 6.07) is 10.2. The summed E-state index contributed by atoms with van der Waals surface area (Å²) < 4.78 is 37.6. The fourth-order valence-electron chi connectivity index (χ4n) is 3.51. The molecule has 0 saturated carbocycles. The zero-order valence-electron chi connectivity index (χ0n) is 15.2. The first-order chi connectivity index (χ1) is 13.2. The number of hydrogen-bond donors (Lipinski definition) is 1. The van der Waals surface area contributed by atoms with E-state index in [1.165, 1.54) is 5.69 Å². The Balaban J connectivity index is 0.000000279. The van der Waals surface area contributed by atoms with Crippen LogP contribution >= 0.6 is 0 Å². The van der Waals surface area contributed by atoms with Gasteiger partial charge in [-0.05, 0) is 20.0 Å². The highest BCUT2D eigenvalue weighted by atomic mass is 19.4. The number of hydrogen-bond acceptors (Lipinski definition) is 5. The standard InChI is InChI=1S/C17H19N3O.C2HF3O2/c1-20-8-7-17(11-20)12-21-10-14-9-18-16(19-15(14)17)13-5-3-2-4-6-13;3-2(4,5)1(6)7/h2-6,9H,7-8,10-12H2,1H3;(H,6,7). The molecular weight excluding hydrogens is 375 g/mol. The van der Waals surface area contributed by atoms with Gasteiger partial charge in [0.15, 0.2) is 5.82 Å². The molecule has 3 heterocycles. The molecule has 2 aliphatic rings. The highest BCUT2D eigenvalue weighted by molar-refractivity contribution is 5.73. The van der Waals surface area contributed by atoms with Crippen molar-refractivity contribution in [3.05, 3.63) is 47.8 Å². The van der Waals surface area contributed by atoms with Crippen molar-refractivity contribution in [2.45, 2.75) is 24.6 Å². The number of carboxylic acid groups (broad SMARTS) is 1. The summed E-state index contributed by atoms with van der Waals surface area (Å²) in [5.41, 5.74) is 3.48. The van der Waals surface area contributed by atoms with E-state index in [1.807, 2.05) is 24.4 Å². The van der Waals surface area contributed by atoms with Crippen LogP contribution in [0.5, 0.6) is 0 Å². The lowest BCUT2D eigenvalue weighted by molar-refractivity contribution is -0.192. The predicted octanol–water partition coefficient (Wildman–Crippen LogP) is 2.88. The normalized spacial score (nSPS) is 21.7. The summed E-state index contributed by atoms with van der Waals surface area (Å²) in [5, 5.41) is 7.12. The smallest absolute Gasteiger partial charge is 0.475 e. The second-order valence-electron chi connectivity index (χ2n) is 7.00. The average Bonchev–Trinajstić information content (AvgIpc) is 3.03. The van der Waals surface area contributed by atoms with Gasteiger partial charge in [-0.3, -0.25) is 0 Å². The first kappa shape index (κ1) is 20.2. The van der Waals surface area contributed by atoms with Gasteiger partial charge in [0.2, 0.25) is 0 Å². The number of carboxylic acids is 1. The molecule has 2 aliphatic heterocycles. The van der Waals surface area contributed by atoms with E-state index in [4.69, 9.17) is 19.6 Å². The number of carbonyl (C=O) groups is 1. The summed E-state index contributed by atoms with van der Waals surface area (Å²) in [6.45, 7) is 3.53. The van der Waals surface area contributed by atoms with Gasteiger partial charge in [-0.25, -0.2) is 14.8 Å². The van der Waals surface area contributed by atoms with Crippen LogP contribution in [-0.2, 0) is 21.6 Å². The molecule has 0 bridgehead atoms. The summed E-state index contributed by atoms with van der Waals surface area (Å²) in [4.78, 5) is 20.7. The molecule has 0 radical (unpaired) electrons. The molecule has 1 atom stereocenters. The number of likely N-dealkylation sites (N-methyl/N-ethyl adjacent to an activating group) is 1. The maximum absolute atomic E-state index is 10.6. The lowest BCUT2D eigenvalue weighted by Gasteiger charge is -2.34. The van der Waals surface area contributed by atoms with E-state index in [2.05, 4.69) is 29.1 Å². The lowest BCUT2D eigenvalue weighted by Crippen LogP contribution is -2.40. The minimum absolute atomic E-state index is 0.0504. The van der Waals surface area contributed by atoms with Crippen LogP contribution in [-0.4, -0.2) is 58.9 Å². The van der Waals surface area contributed by atoms with Crippen LogP contribution < -0.4 is 0 Å². The van der Waals surface area contributed by atoms with Crippen LogP contribution in [0.25, 0.3) is 11.4 Å². The Kier molecular flexibility index (Phi) is 5.66. The van der Waals surface area contributed by atoms with Crippen LogP contribution in [0.15, 0.2) is 36.5 Å². The van der Waals surface area contributed by atoms with Crippen LogP contribution in [0.1, 0.15) is 17.7 Å². The Morgan fingerprint density at radius 2 is 1.96 bits per heavy atom. The van der Waals surface area contributed by atoms with Gasteiger partial charge in [0.05, 0.1) is 24.3 Å². The molecular formula is C19H20F3N3O3. The van der Waals surface area contributed by atoms with Crippen LogP contribution in [0.2, 0.25) is 0 Å². The summed E-state index contributed by atoms with van der Waals surface area (Å²) >= 11 is 0. The second kappa shape index (κ2) is 7.84. The molecule has 1 N–H and O–H groups in total. The number of likely N-dealkylation sites (tertiary alicyclic amines) is 1. The number of aliphatic carboxylic acids is 1. The Labute approximate surface area is 160 Å². The summed E-state index contributed by atoms with van der Waals surface area (Å²) in [5.74, 6) is -1.93. The van der Waals surface area contributed by atoms with E-state index in [0.29, 0.717) is 6.61 Å². The van der Waals surface area contributed by atoms with Crippen molar-refractivity contribution in [3.63, 3.8) is 0 Å².